The van der Waals surface area contributed by atoms with Crippen LogP contribution in [0.1, 0.15) is 16.1 Å². The van der Waals surface area contributed by atoms with Crippen LogP contribution in [0.25, 0.3) is 10.6 Å². The molecule has 5 nitrogen and oxygen atoms in total. The number of methoxy groups -OCH3 is 1. The first kappa shape index (κ1) is 20.8. The van der Waals surface area contributed by atoms with Crippen molar-refractivity contribution in [2.24, 2.45) is 0 Å². The van der Waals surface area contributed by atoms with Crippen LogP contribution in [-0.2, 0) is 11.3 Å². The van der Waals surface area contributed by atoms with E-state index < -0.39 is 17.5 Å². The summed E-state index contributed by atoms with van der Waals surface area (Å²) in [6, 6.07) is 7.62. The van der Waals surface area contributed by atoms with Gasteiger partial charge in [-0.3, -0.25) is 4.79 Å². The molecule has 0 radical (unpaired) electrons. The number of nitrogens with one attached hydrogen (secondary N) is 1. The summed E-state index contributed by atoms with van der Waals surface area (Å²) in [5.74, 6) is -2.63. The lowest BCUT2D eigenvalue weighted by molar-refractivity contribution is 0.0933. The lowest BCUT2D eigenvalue weighted by Crippen LogP contribution is -2.27. The molecule has 2 aromatic carbocycles. The van der Waals surface area contributed by atoms with E-state index in [2.05, 4.69) is 10.3 Å². The summed E-state index contributed by atoms with van der Waals surface area (Å²) in [6.07, 6.45) is 0. The van der Waals surface area contributed by atoms with Crippen LogP contribution >= 0.6 is 11.3 Å². The molecule has 0 fully saturated rings. The molecule has 0 aliphatic rings. The van der Waals surface area contributed by atoms with Crippen LogP contribution in [0.2, 0.25) is 0 Å². The Kier molecular flexibility index (Phi) is 6.84. The van der Waals surface area contributed by atoms with E-state index in [1.54, 1.807) is 5.38 Å². The third-order valence-electron chi connectivity index (χ3n) is 3.89. The van der Waals surface area contributed by atoms with E-state index in [0.717, 1.165) is 23.5 Å². The van der Waals surface area contributed by atoms with Gasteiger partial charge in [-0.15, -0.1) is 11.3 Å². The Balaban J connectivity index is 1.66. The summed E-state index contributed by atoms with van der Waals surface area (Å²) < 4.78 is 51.0. The maximum atomic E-state index is 14.5. The molecule has 1 N–H and O–H groups in total. The average molecular weight is 422 g/mol. The number of hydrogen-bond acceptors (Lipinski definition) is 5. The molecule has 0 unspecified atom stereocenters. The number of amides is 1. The molecule has 1 amide bonds. The van der Waals surface area contributed by atoms with Crippen molar-refractivity contribution >= 4 is 17.2 Å². The van der Waals surface area contributed by atoms with Crippen molar-refractivity contribution in [3.8, 4) is 16.3 Å². The van der Waals surface area contributed by atoms with Gasteiger partial charge in [-0.1, -0.05) is 6.07 Å². The lowest BCUT2D eigenvalue weighted by atomic mass is 10.2. The molecule has 0 bridgehead atoms. The molecule has 152 valence electrons. The molecule has 0 atom stereocenters. The van der Waals surface area contributed by atoms with E-state index in [4.69, 9.17) is 9.47 Å². The normalized spacial score (nSPS) is 10.8. The number of halogens is 3. The lowest BCUT2D eigenvalue weighted by Gasteiger charge is -2.08. The Morgan fingerprint density at radius 2 is 1.93 bits per heavy atom. The van der Waals surface area contributed by atoms with Gasteiger partial charge in [-0.25, -0.2) is 18.2 Å². The molecule has 0 saturated heterocycles. The van der Waals surface area contributed by atoms with Gasteiger partial charge in [0.1, 0.15) is 28.9 Å². The van der Waals surface area contributed by atoms with Crippen LogP contribution in [0.4, 0.5) is 13.2 Å². The molecule has 0 aliphatic heterocycles. The number of rotatable bonds is 8. The zero-order valence-corrected chi connectivity index (χ0v) is 16.2. The summed E-state index contributed by atoms with van der Waals surface area (Å²) >= 11 is 1.14. The van der Waals surface area contributed by atoms with Gasteiger partial charge in [-0.05, 0) is 29.8 Å². The topological polar surface area (TPSA) is 60.5 Å². The van der Waals surface area contributed by atoms with Crippen molar-refractivity contribution in [3.05, 3.63) is 70.5 Å². The summed E-state index contributed by atoms with van der Waals surface area (Å²) in [6.45, 7) is 0.683. The van der Waals surface area contributed by atoms with Gasteiger partial charge in [0.2, 0.25) is 0 Å². The molecule has 29 heavy (non-hydrogen) atoms. The van der Waals surface area contributed by atoms with E-state index in [0.29, 0.717) is 23.7 Å². The van der Waals surface area contributed by atoms with Gasteiger partial charge in [0.25, 0.3) is 5.91 Å². The summed E-state index contributed by atoms with van der Waals surface area (Å²) in [4.78, 5) is 16.2. The van der Waals surface area contributed by atoms with E-state index in [9.17, 15) is 18.0 Å². The zero-order chi connectivity index (χ0) is 20.8. The Morgan fingerprint density at radius 1 is 1.10 bits per heavy atom. The van der Waals surface area contributed by atoms with Crippen LogP contribution in [0.5, 0.6) is 5.75 Å². The van der Waals surface area contributed by atoms with Crippen molar-refractivity contribution in [1.29, 1.82) is 0 Å². The highest BCUT2D eigenvalue weighted by atomic mass is 32.1. The molecular weight excluding hydrogens is 405 g/mol. The Labute approximate surface area is 169 Å². The second kappa shape index (κ2) is 9.53. The van der Waals surface area contributed by atoms with Crippen molar-refractivity contribution < 1.29 is 27.4 Å². The van der Waals surface area contributed by atoms with Gasteiger partial charge >= 0.3 is 0 Å². The van der Waals surface area contributed by atoms with Gasteiger partial charge in [0.15, 0.2) is 11.6 Å². The van der Waals surface area contributed by atoms with E-state index in [-0.39, 0.29) is 29.5 Å². The van der Waals surface area contributed by atoms with E-state index >= 15 is 0 Å². The number of hydrogen-bond donors (Lipinski definition) is 1. The van der Waals surface area contributed by atoms with Gasteiger partial charge in [-0.2, -0.15) is 0 Å². The first-order valence-electron chi connectivity index (χ1n) is 8.57. The fourth-order valence-electron chi connectivity index (χ4n) is 2.41. The highest BCUT2D eigenvalue weighted by Gasteiger charge is 2.15. The number of benzene rings is 2. The number of nitrogens with zero attached hydrogens (tertiary/aromatic N) is 1. The average Bonchev–Trinajstić information content (AvgIpc) is 3.19. The van der Waals surface area contributed by atoms with Crippen LogP contribution in [0.3, 0.4) is 0 Å². The van der Waals surface area contributed by atoms with E-state index in [1.807, 2.05) is 0 Å². The molecule has 1 aromatic heterocycles. The van der Waals surface area contributed by atoms with Crippen LogP contribution in [0.15, 0.2) is 41.8 Å². The van der Waals surface area contributed by atoms with Crippen molar-refractivity contribution in [3.63, 3.8) is 0 Å². The molecular formula is C20H17F3N2O3S. The van der Waals surface area contributed by atoms with E-state index in [1.165, 1.54) is 31.4 Å². The predicted octanol–water partition coefficient (Wildman–Crippen LogP) is 4.18. The number of thiazole rings is 1. The zero-order valence-electron chi connectivity index (χ0n) is 15.4. The molecule has 1 heterocycles. The quantitative estimate of drug-likeness (QED) is 0.554. The predicted molar refractivity (Wildman–Crippen MR) is 102 cm³/mol. The Hall–Kier alpha value is -2.91. The van der Waals surface area contributed by atoms with Crippen molar-refractivity contribution in [1.82, 2.24) is 10.3 Å². The second-order valence-electron chi connectivity index (χ2n) is 5.97. The Bertz CT molecular complexity index is 1010. The van der Waals surface area contributed by atoms with Gasteiger partial charge in [0, 0.05) is 30.7 Å². The second-order valence-corrected chi connectivity index (χ2v) is 6.82. The molecule has 3 aromatic rings. The van der Waals surface area contributed by atoms with Crippen LogP contribution in [0, 0.1) is 17.5 Å². The highest BCUT2D eigenvalue weighted by molar-refractivity contribution is 7.13. The fraction of sp³-hybridized carbons (Fsp3) is 0.200. The summed E-state index contributed by atoms with van der Waals surface area (Å²) in [5, 5.41) is 4.54. The summed E-state index contributed by atoms with van der Waals surface area (Å²) in [7, 11) is 1.53. The summed E-state index contributed by atoms with van der Waals surface area (Å²) in [5.41, 5.74) is 0.836. The number of carbonyl (C=O) groups excluding carboxylic acids is 1. The maximum Gasteiger partial charge on any atom is 0.270 e. The smallest absolute Gasteiger partial charge is 0.270 e. The Morgan fingerprint density at radius 3 is 2.66 bits per heavy atom. The highest BCUT2D eigenvalue weighted by Crippen LogP contribution is 2.29. The molecule has 3 rings (SSSR count). The molecule has 0 saturated carbocycles. The minimum atomic E-state index is -0.974. The van der Waals surface area contributed by atoms with Crippen LogP contribution < -0.4 is 10.1 Å². The SMILES string of the molecule is COCCNC(=O)c1csc(-c2ccc(OCc3ccc(F)c(F)c3)cc2F)n1. The first-order chi connectivity index (χ1) is 14.0. The standard InChI is InChI=1S/C20H17F3N2O3S/c1-27-7-6-24-19(26)18-11-29-20(25-18)14-4-3-13(9-16(14)22)28-10-12-2-5-15(21)17(23)8-12/h2-5,8-9,11H,6-7,10H2,1H3,(H,24,26). The first-order valence-corrected chi connectivity index (χ1v) is 9.45. The molecule has 9 heteroatoms. The molecule has 0 aliphatic carbocycles. The third-order valence-corrected chi connectivity index (χ3v) is 4.76. The number of ether oxygens (including phenoxy) is 2. The minimum Gasteiger partial charge on any atom is -0.489 e. The monoisotopic (exact) mass is 422 g/mol. The van der Waals surface area contributed by atoms with Gasteiger partial charge < -0.3 is 14.8 Å². The number of aromatic nitrogens is 1. The third kappa shape index (κ3) is 5.33. The van der Waals surface area contributed by atoms with Gasteiger partial charge in [0.05, 0.1) is 6.61 Å². The largest absolute Gasteiger partial charge is 0.489 e. The number of carbonyl (C=O) groups is 1. The maximum absolute atomic E-state index is 14.5. The van der Waals surface area contributed by atoms with Crippen molar-refractivity contribution in [2.75, 3.05) is 20.3 Å². The fourth-order valence-corrected chi connectivity index (χ4v) is 3.24. The van der Waals surface area contributed by atoms with Crippen molar-refractivity contribution in [2.45, 2.75) is 6.61 Å². The van der Waals surface area contributed by atoms with Crippen LogP contribution in [-0.4, -0.2) is 31.2 Å². The molecule has 0 spiro atoms. The minimum absolute atomic E-state index is 0.0426.